The van der Waals surface area contributed by atoms with Crippen LogP contribution in [0.1, 0.15) is 16.7 Å². The number of hydrogen-bond acceptors (Lipinski definition) is 3. The van der Waals surface area contributed by atoms with Crippen LogP contribution in [0.4, 0.5) is 39.5 Å². The summed E-state index contributed by atoms with van der Waals surface area (Å²) in [7, 11) is -5.85. The van der Waals surface area contributed by atoms with Crippen molar-refractivity contribution in [3.05, 3.63) is 28.8 Å². The Morgan fingerprint density at radius 2 is 1.05 bits per heavy atom. The molecule has 3 nitrogen and oxygen atoms in total. The van der Waals surface area contributed by atoms with E-state index in [0.717, 1.165) is 0 Å². The second-order valence-corrected chi connectivity index (χ2v) is 5.22. The van der Waals surface area contributed by atoms with E-state index in [4.69, 9.17) is 0 Å². The monoisotopic (exact) mass is 361 g/mol. The minimum Gasteiger partial charge on any atom is -0.744 e. The Morgan fingerprint density at radius 3 is 1.23 bits per heavy atom. The molecule has 0 atom stereocenters. The van der Waals surface area contributed by atoms with Crippen molar-refractivity contribution in [3.8, 4) is 0 Å². The fourth-order valence-corrected chi connectivity index (χ4v) is 2.04. The van der Waals surface area contributed by atoms with Crippen molar-refractivity contribution in [3.63, 3.8) is 0 Å². The Bertz CT molecular complexity index is 647. The molecular formula is C9H2F9O3S-. The molecule has 126 valence electrons. The van der Waals surface area contributed by atoms with E-state index in [-0.39, 0.29) is 0 Å². The molecule has 0 aliphatic carbocycles. The second kappa shape index (κ2) is 5.01. The smallest absolute Gasteiger partial charge is 0.417 e. The lowest BCUT2D eigenvalue weighted by atomic mass is 9.99. The third-order valence-corrected chi connectivity index (χ3v) is 3.11. The van der Waals surface area contributed by atoms with E-state index in [1.165, 1.54) is 0 Å². The molecule has 0 fully saturated rings. The molecule has 0 spiro atoms. The first-order valence-electron chi connectivity index (χ1n) is 4.81. The van der Waals surface area contributed by atoms with E-state index in [1.54, 1.807) is 0 Å². The van der Waals surface area contributed by atoms with Gasteiger partial charge in [-0.05, 0) is 12.1 Å². The Balaban J connectivity index is 4.04. The summed E-state index contributed by atoms with van der Waals surface area (Å²) in [6.07, 6.45) is -18.0. The molecule has 0 saturated carbocycles. The lowest BCUT2D eigenvalue weighted by Gasteiger charge is -2.22. The third kappa shape index (κ3) is 3.82. The topological polar surface area (TPSA) is 57.2 Å². The summed E-state index contributed by atoms with van der Waals surface area (Å²) in [5.41, 5.74) is -8.94. The highest BCUT2D eigenvalue weighted by molar-refractivity contribution is 7.85. The van der Waals surface area contributed by atoms with Crippen molar-refractivity contribution >= 4 is 10.1 Å². The molecule has 0 aliphatic rings. The van der Waals surface area contributed by atoms with Gasteiger partial charge < -0.3 is 4.55 Å². The van der Waals surface area contributed by atoms with Gasteiger partial charge in [-0.2, -0.15) is 39.5 Å². The number of alkyl halides is 9. The molecular weight excluding hydrogens is 359 g/mol. The Labute approximate surface area is 116 Å². The summed E-state index contributed by atoms with van der Waals surface area (Å²) in [5, 5.41) is 0. The maximum atomic E-state index is 12.6. The van der Waals surface area contributed by atoms with Crippen molar-refractivity contribution in [2.45, 2.75) is 23.4 Å². The molecule has 0 unspecified atom stereocenters. The van der Waals surface area contributed by atoms with Gasteiger partial charge in [-0.3, -0.25) is 0 Å². The van der Waals surface area contributed by atoms with Crippen LogP contribution in [-0.2, 0) is 28.6 Å². The normalized spacial score (nSPS) is 14.3. The van der Waals surface area contributed by atoms with Crippen molar-refractivity contribution in [2.24, 2.45) is 0 Å². The molecule has 1 aromatic rings. The predicted octanol–water partition coefficient (Wildman–Crippen LogP) is 3.65. The molecule has 1 aromatic carbocycles. The summed E-state index contributed by atoms with van der Waals surface area (Å²) >= 11 is 0. The molecule has 0 amide bonds. The average Bonchev–Trinajstić information content (AvgIpc) is 2.22. The molecule has 22 heavy (non-hydrogen) atoms. The second-order valence-electron chi connectivity index (χ2n) is 3.84. The van der Waals surface area contributed by atoms with Gasteiger partial charge in [0.05, 0.1) is 21.6 Å². The Morgan fingerprint density at radius 1 is 0.727 bits per heavy atom. The summed E-state index contributed by atoms with van der Waals surface area (Å²) in [4.78, 5) is -2.07. The standard InChI is InChI=1S/C9H3F9O3S/c10-7(11,12)4-1-3(22(19,20)21)2-5(8(13,14)15)6(4)9(16,17)18/h1-2H,(H,19,20,21)/p-1. The molecule has 0 saturated heterocycles. The molecule has 0 aliphatic heterocycles. The van der Waals surface area contributed by atoms with Crippen molar-refractivity contribution in [1.29, 1.82) is 0 Å². The zero-order valence-corrected chi connectivity index (χ0v) is 10.5. The van der Waals surface area contributed by atoms with Crippen molar-refractivity contribution in [2.75, 3.05) is 0 Å². The van der Waals surface area contributed by atoms with Gasteiger partial charge >= 0.3 is 18.5 Å². The molecule has 13 heteroatoms. The van der Waals surface area contributed by atoms with E-state index in [0.29, 0.717) is 0 Å². The highest BCUT2D eigenvalue weighted by Crippen LogP contribution is 2.47. The highest BCUT2D eigenvalue weighted by Gasteiger charge is 2.50. The zero-order valence-electron chi connectivity index (χ0n) is 9.69. The first-order valence-corrected chi connectivity index (χ1v) is 6.22. The van der Waals surface area contributed by atoms with Gasteiger partial charge in [-0.15, -0.1) is 0 Å². The lowest BCUT2D eigenvalue weighted by Crippen LogP contribution is -2.24. The summed E-state index contributed by atoms with van der Waals surface area (Å²) in [6.45, 7) is 0. The molecule has 0 heterocycles. The molecule has 0 bridgehead atoms. The van der Waals surface area contributed by atoms with E-state index in [9.17, 15) is 52.5 Å². The van der Waals surface area contributed by atoms with Crippen molar-refractivity contribution in [1.82, 2.24) is 0 Å². The molecule has 1 rings (SSSR count). The van der Waals surface area contributed by atoms with Crippen LogP contribution in [0.3, 0.4) is 0 Å². The fourth-order valence-electron chi connectivity index (χ4n) is 1.51. The predicted molar refractivity (Wildman–Crippen MR) is 49.4 cm³/mol. The summed E-state index contributed by atoms with van der Waals surface area (Å²) < 4.78 is 145. The van der Waals surface area contributed by atoms with Crippen LogP contribution in [0.2, 0.25) is 0 Å². The quantitative estimate of drug-likeness (QED) is 0.567. The minimum atomic E-state index is -6.08. The number of hydrogen-bond donors (Lipinski definition) is 0. The first kappa shape index (κ1) is 18.5. The number of halogens is 9. The Hall–Kier alpha value is -1.50. The Kier molecular flexibility index (Phi) is 4.22. The van der Waals surface area contributed by atoms with Crippen LogP contribution >= 0.6 is 0 Å². The lowest BCUT2D eigenvalue weighted by molar-refractivity contribution is -0.174. The average molecular weight is 361 g/mol. The van der Waals surface area contributed by atoms with Crippen LogP contribution in [0, 0.1) is 0 Å². The van der Waals surface area contributed by atoms with Crippen LogP contribution < -0.4 is 0 Å². The summed E-state index contributed by atoms with van der Waals surface area (Å²) in [5.74, 6) is 0. The molecule has 0 N–H and O–H groups in total. The van der Waals surface area contributed by atoms with Crippen LogP contribution in [0.5, 0.6) is 0 Å². The first-order chi connectivity index (χ1) is 9.45. The van der Waals surface area contributed by atoms with Crippen LogP contribution in [-0.4, -0.2) is 13.0 Å². The molecule has 0 radical (unpaired) electrons. The highest BCUT2D eigenvalue weighted by atomic mass is 32.2. The van der Waals surface area contributed by atoms with Crippen LogP contribution in [0.25, 0.3) is 0 Å². The van der Waals surface area contributed by atoms with Crippen molar-refractivity contribution < 1.29 is 52.5 Å². The van der Waals surface area contributed by atoms with Crippen LogP contribution in [0.15, 0.2) is 17.0 Å². The van der Waals surface area contributed by atoms with Gasteiger partial charge in [0.2, 0.25) is 0 Å². The van der Waals surface area contributed by atoms with E-state index in [1.807, 2.05) is 0 Å². The fraction of sp³-hybridized carbons (Fsp3) is 0.333. The molecule has 0 aromatic heterocycles. The largest absolute Gasteiger partial charge is 0.744 e. The van der Waals surface area contributed by atoms with Gasteiger partial charge in [-0.1, -0.05) is 0 Å². The van der Waals surface area contributed by atoms with Gasteiger partial charge in [0.25, 0.3) is 0 Å². The maximum Gasteiger partial charge on any atom is 0.417 e. The zero-order chi connectivity index (χ0) is 17.7. The van der Waals surface area contributed by atoms with E-state index < -0.39 is 62.4 Å². The van der Waals surface area contributed by atoms with Gasteiger partial charge in [0.1, 0.15) is 10.1 Å². The van der Waals surface area contributed by atoms with Gasteiger partial charge in [0.15, 0.2) is 0 Å². The van der Waals surface area contributed by atoms with Gasteiger partial charge in [-0.25, -0.2) is 8.42 Å². The minimum absolute atomic E-state index is 0.777. The van der Waals surface area contributed by atoms with E-state index >= 15 is 0 Å². The maximum absolute atomic E-state index is 12.6. The van der Waals surface area contributed by atoms with Gasteiger partial charge in [0, 0.05) is 0 Å². The number of benzene rings is 1. The SMILES string of the molecule is O=S(=O)([O-])c1cc(C(F)(F)F)c(C(F)(F)F)c(C(F)(F)F)c1. The number of rotatable bonds is 1. The summed E-state index contributed by atoms with van der Waals surface area (Å²) in [6, 6.07) is -1.55. The third-order valence-electron chi connectivity index (χ3n) is 2.29. The van der Waals surface area contributed by atoms with E-state index in [2.05, 4.69) is 0 Å².